The van der Waals surface area contributed by atoms with Crippen LogP contribution in [0.3, 0.4) is 0 Å². The molecule has 1 amide bonds. The number of carbonyl (C=O) groups is 2. The Bertz CT molecular complexity index is 771. The lowest BCUT2D eigenvalue weighted by molar-refractivity contribution is -0.136. The molecule has 1 aliphatic heterocycles. The number of esters is 1. The van der Waals surface area contributed by atoms with Gasteiger partial charge in [-0.2, -0.15) is 5.26 Å². The molecule has 0 aliphatic carbocycles. The molecule has 24 heavy (non-hydrogen) atoms. The van der Waals surface area contributed by atoms with E-state index in [0.29, 0.717) is 0 Å². The van der Waals surface area contributed by atoms with Crippen LogP contribution >= 0.6 is 23.2 Å². The van der Waals surface area contributed by atoms with Crippen LogP contribution in [0.4, 0.5) is 5.69 Å². The molecule has 1 aromatic rings. The van der Waals surface area contributed by atoms with Gasteiger partial charge in [0, 0.05) is 6.54 Å². The number of benzene rings is 1. The number of anilines is 1. The smallest absolute Gasteiger partial charge is 0.337 e. The number of aliphatic hydroxyl groups is 1. The van der Waals surface area contributed by atoms with Crippen LogP contribution < -0.4 is 5.32 Å². The predicted octanol–water partition coefficient (Wildman–Crippen LogP) is 1.54. The highest BCUT2D eigenvalue weighted by Gasteiger charge is 2.34. The maximum Gasteiger partial charge on any atom is 0.337 e. The van der Waals surface area contributed by atoms with Crippen molar-refractivity contribution in [2.24, 2.45) is 0 Å². The second kappa shape index (κ2) is 7.53. The summed E-state index contributed by atoms with van der Waals surface area (Å²) in [5.41, 5.74) is 0.480. The lowest BCUT2D eigenvalue weighted by atomic mass is 10.1. The van der Waals surface area contributed by atoms with E-state index in [1.807, 2.05) is 6.07 Å². The van der Waals surface area contributed by atoms with E-state index >= 15 is 0 Å². The van der Waals surface area contributed by atoms with Gasteiger partial charge in [-0.3, -0.25) is 4.79 Å². The van der Waals surface area contributed by atoms with E-state index in [-0.39, 0.29) is 52.3 Å². The second-order valence-corrected chi connectivity index (χ2v) is 5.66. The Morgan fingerprint density at radius 2 is 2.12 bits per heavy atom. The Morgan fingerprint density at radius 3 is 2.71 bits per heavy atom. The number of carbonyl (C=O) groups excluding carboxylic acids is 2. The van der Waals surface area contributed by atoms with Crippen molar-refractivity contribution in [2.75, 3.05) is 32.1 Å². The van der Waals surface area contributed by atoms with Gasteiger partial charge in [-0.05, 0) is 12.1 Å². The molecule has 1 aliphatic rings. The van der Waals surface area contributed by atoms with Gasteiger partial charge in [-0.15, -0.1) is 0 Å². The highest BCUT2D eigenvalue weighted by atomic mass is 35.5. The fourth-order valence-corrected chi connectivity index (χ4v) is 2.55. The van der Waals surface area contributed by atoms with E-state index < -0.39 is 11.9 Å². The lowest BCUT2D eigenvalue weighted by Crippen LogP contribution is -2.31. The van der Waals surface area contributed by atoms with Gasteiger partial charge in [0.05, 0.1) is 47.1 Å². The molecule has 0 unspecified atom stereocenters. The zero-order valence-electron chi connectivity index (χ0n) is 12.6. The molecule has 2 rings (SSSR count). The molecule has 0 atom stereocenters. The van der Waals surface area contributed by atoms with Gasteiger partial charge in [0.1, 0.15) is 11.8 Å². The van der Waals surface area contributed by atoms with Crippen LogP contribution in [0.15, 0.2) is 23.4 Å². The van der Waals surface area contributed by atoms with Crippen LogP contribution in [-0.2, 0) is 14.3 Å². The van der Waals surface area contributed by atoms with Crippen molar-refractivity contribution in [1.82, 2.24) is 4.90 Å². The number of amides is 1. The summed E-state index contributed by atoms with van der Waals surface area (Å²) in [6, 6.07) is 4.69. The third kappa shape index (κ3) is 3.46. The molecule has 0 radical (unpaired) electrons. The molecule has 1 heterocycles. The number of aliphatic hydroxyl groups excluding tert-OH is 1. The van der Waals surface area contributed by atoms with Crippen molar-refractivity contribution in [3.8, 4) is 6.07 Å². The number of nitriles is 1. The summed E-state index contributed by atoms with van der Waals surface area (Å²) in [5, 5.41) is 21.4. The first-order valence-electron chi connectivity index (χ1n) is 6.80. The van der Waals surface area contributed by atoms with Gasteiger partial charge in [0.15, 0.2) is 0 Å². The molecule has 7 nitrogen and oxygen atoms in total. The first kappa shape index (κ1) is 18.1. The van der Waals surface area contributed by atoms with E-state index in [4.69, 9.17) is 28.3 Å². The van der Waals surface area contributed by atoms with Crippen molar-refractivity contribution < 1.29 is 19.4 Å². The third-order valence-electron chi connectivity index (χ3n) is 3.39. The summed E-state index contributed by atoms with van der Waals surface area (Å²) in [6.07, 6.45) is 0. The number of nitrogens with one attached hydrogen (secondary N) is 1. The maximum absolute atomic E-state index is 12.4. The van der Waals surface area contributed by atoms with Gasteiger partial charge in [0.25, 0.3) is 5.91 Å². The molecule has 0 fully saturated rings. The number of ether oxygens (including phenoxy) is 1. The minimum Gasteiger partial charge on any atom is -0.466 e. The fraction of sp³-hybridized carbons (Fsp3) is 0.267. The molecule has 0 saturated heterocycles. The minimum atomic E-state index is -0.676. The summed E-state index contributed by atoms with van der Waals surface area (Å²) in [6.45, 7) is -0.182. The number of hydrogen-bond donors (Lipinski definition) is 2. The van der Waals surface area contributed by atoms with E-state index in [0.717, 1.165) is 0 Å². The molecule has 2 N–H and O–H groups in total. The molecule has 126 valence electrons. The minimum absolute atomic E-state index is 0.00237. The number of halogens is 2. The van der Waals surface area contributed by atoms with Crippen molar-refractivity contribution in [2.45, 2.75) is 0 Å². The Balaban J connectivity index is 2.45. The van der Waals surface area contributed by atoms with Gasteiger partial charge in [-0.1, -0.05) is 23.2 Å². The molecule has 1 aromatic carbocycles. The average molecular weight is 370 g/mol. The van der Waals surface area contributed by atoms with Crippen molar-refractivity contribution in [3.63, 3.8) is 0 Å². The largest absolute Gasteiger partial charge is 0.466 e. The maximum atomic E-state index is 12.4. The Hall–Kier alpha value is -2.27. The lowest BCUT2D eigenvalue weighted by Gasteiger charge is -2.15. The van der Waals surface area contributed by atoms with Gasteiger partial charge in [-0.25, -0.2) is 4.79 Å². The Kier molecular flexibility index (Phi) is 5.67. The summed E-state index contributed by atoms with van der Waals surface area (Å²) in [4.78, 5) is 25.6. The van der Waals surface area contributed by atoms with E-state index in [2.05, 4.69) is 10.1 Å². The summed E-state index contributed by atoms with van der Waals surface area (Å²) in [5.74, 6) is -1.16. The topological polar surface area (TPSA) is 103 Å². The fourth-order valence-electron chi connectivity index (χ4n) is 2.23. The Morgan fingerprint density at radius 1 is 1.46 bits per heavy atom. The normalized spacial score (nSPS) is 14.0. The zero-order valence-corrected chi connectivity index (χ0v) is 14.1. The number of β-amino-alcohol motifs (C(OH)–C–C–N with tert-alkyl or cyclic N) is 1. The molecule has 0 aromatic heterocycles. The number of rotatable bonds is 5. The predicted molar refractivity (Wildman–Crippen MR) is 87.5 cm³/mol. The summed E-state index contributed by atoms with van der Waals surface area (Å²) >= 11 is 11.8. The molecule has 0 saturated carbocycles. The van der Waals surface area contributed by atoms with Crippen LogP contribution in [0, 0.1) is 11.3 Å². The quantitative estimate of drug-likeness (QED) is 0.763. The standard InChI is InChI=1S/C15H13Cl2N3O4/c1-24-15(23)9-7-20(2-3-21)14(22)13(9)19-12-5-11(17)10(16)4-8(12)6-18/h4-5,19,21H,2-3,7H2,1H3. The van der Waals surface area contributed by atoms with Gasteiger partial charge < -0.3 is 20.1 Å². The van der Waals surface area contributed by atoms with Crippen molar-refractivity contribution in [1.29, 1.82) is 5.26 Å². The summed E-state index contributed by atoms with van der Waals surface area (Å²) < 4.78 is 4.69. The Labute approximate surface area is 148 Å². The third-order valence-corrected chi connectivity index (χ3v) is 4.12. The van der Waals surface area contributed by atoms with Gasteiger partial charge >= 0.3 is 5.97 Å². The van der Waals surface area contributed by atoms with E-state index in [9.17, 15) is 14.9 Å². The van der Waals surface area contributed by atoms with Crippen LogP contribution in [0.5, 0.6) is 0 Å². The van der Waals surface area contributed by atoms with Crippen LogP contribution in [-0.4, -0.2) is 48.7 Å². The van der Waals surface area contributed by atoms with Crippen molar-refractivity contribution in [3.05, 3.63) is 39.0 Å². The first-order chi connectivity index (χ1) is 11.4. The van der Waals surface area contributed by atoms with Crippen molar-refractivity contribution >= 4 is 40.8 Å². The first-order valence-corrected chi connectivity index (χ1v) is 7.56. The molecule has 9 heteroatoms. The second-order valence-electron chi connectivity index (χ2n) is 4.84. The molecule has 0 bridgehead atoms. The van der Waals surface area contributed by atoms with Gasteiger partial charge in [0.2, 0.25) is 0 Å². The van der Waals surface area contributed by atoms with Crippen LogP contribution in [0.1, 0.15) is 5.56 Å². The van der Waals surface area contributed by atoms with E-state index in [1.54, 1.807) is 0 Å². The average Bonchev–Trinajstić information content (AvgIpc) is 2.87. The SMILES string of the molecule is COC(=O)C1=C(Nc2cc(Cl)c(Cl)cc2C#N)C(=O)N(CCO)C1. The molecular formula is C15H13Cl2N3O4. The highest BCUT2D eigenvalue weighted by molar-refractivity contribution is 6.42. The number of hydrogen-bond acceptors (Lipinski definition) is 6. The highest BCUT2D eigenvalue weighted by Crippen LogP contribution is 2.31. The monoisotopic (exact) mass is 369 g/mol. The van der Waals surface area contributed by atoms with E-state index in [1.165, 1.54) is 24.1 Å². The zero-order chi connectivity index (χ0) is 17.9. The number of nitrogens with zero attached hydrogens (tertiary/aromatic N) is 2. The number of methoxy groups -OCH3 is 1. The summed E-state index contributed by atoms with van der Waals surface area (Å²) in [7, 11) is 1.20. The van der Waals surface area contributed by atoms with Crippen LogP contribution in [0.2, 0.25) is 10.0 Å². The molecule has 0 spiro atoms. The molecular weight excluding hydrogens is 357 g/mol. The van der Waals surface area contributed by atoms with Crippen LogP contribution in [0.25, 0.3) is 0 Å².